The first-order chi connectivity index (χ1) is 13.2. The number of aryl methyl sites for hydroxylation is 1. The Morgan fingerprint density at radius 3 is 2.52 bits per heavy atom. The molecule has 0 aliphatic heterocycles. The van der Waals surface area contributed by atoms with Crippen LogP contribution in [0.3, 0.4) is 0 Å². The van der Waals surface area contributed by atoms with Crippen LogP contribution in [0.25, 0.3) is 0 Å². The van der Waals surface area contributed by atoms with Gasteiger partial charge in [-0.1, -0.05) is 43.7 Å². The van der Waals surface area contributed by atoms with E-state index in [1.807, 2.05) is 48.1 Å². The highest BCUT2D eigenvalue weighted by molar-refractivity contribution is 5.94. The lowest BCUT2D eigenvalue weighted by molar-refractivity contribution is 0.0934. The minimum atomic E-state index is -0.0760. The van der Waals surface area contributed by atoms with E-state index in [-0.39, 0.29) is 11.9 Å². The fourth-order valence-electron chi connectivity index (χ4n) is 2.92. The van der Waals surface area contributed by atoms with Gasteiger partial charge in [-0.2, -0.15) is 0 Å². The second kappa shape index (κ2) is 9.03. The van der Waals surface area contributed by atoms with Gasteiger partial charge in [0.1, 0.15) is 18.2 Å². The first-order valence-corrected chi connectivity index (χ1v) is 9.22. The molecule has 0 fully saturated rings. The molecule has 0 spiro atoms. The second-order valence-electron chi connectivity index (χ2n) is 6.49. The molecule has 140 valence electrons. The summed E-state index contributed by atoms with van der Waals surface area (Å²) in [7, 11) is 1.93. The standard InChI is InChI=1S/C22H25N3O2/c1-3-7-20(17-8-5-4-6-9-17)24-22(26)18-10-12-19(13-11-18)27-16-21-23-14-15-25(21)2/h4-6,8-15,20H,3,7,16H2,1-2H3,(H,24,26). The highest BCUT2D eigenvalue weighted by Crippen LogP contribution is 2.20. The third-order valence-corrected chi connectivity index (χ3v) is 4.49. The van der Waals surface area contributed by atoms with Crippen LogP contribution in [0, 0.1) is 0 Å². The lowest BCUT2D eigenvalue weighted by Gasteiger charge is -2.18. The molecule has 1 N–H and O–H groups in total. The first-order valence-electron chi connectivity index (χ1n) is 9.22. The number of benzene rings is 2. The number of imidazole rings is 1. The predicted octanol–water partition coefficient (Wildman–Crippen LogP) is 4.27. The summed E-state index contributed by atoms with van der Waals surface area (Å²) in [6, 6.07) is 17.3. The van der Waals surface area contributed by atoms with Gasteiger partial charge in [0.2, 0.25) is 0 Å². The Morgan fingerprint density at radius 1 is 1.15 bits per heavy atom. The Hall–Kier alpha value is -3.08. The molecule has 1 heterocycles. The molecule has 0 saturated heterocycles. The summed E-state index contributed by atoms with van der Waals surface area (Å²) in [6.07, 6.45) is 5.53. The molecule has 3 rings (SSSR count). The van der Waals surface area contributed by atoms with Crippen LogP contribution >= 0.6 is 0 Å². The lowest BCUT2D eigenvalue weighted by atomic mass is 10.0. The van der Waals surface area contributed by atoms with Crippen LogP contribution in [0.2, 0.25) is 0 Å². The zero-order valence-corrected chi connectivity index (χ0v) is 15.8. The van der Waals surface area contributed by atoms with Gasteiger partial charge in [0.25, 0.3) is 5.91 Å². The van der Waals surface area contributed by atoms with E-state index in [4.69, 9.17) is 4.74 Å². The summed E-state index contributed by atoms with van der Waals surface area (Å²) in [5.74, 6) is 1.48. The molecule has 2 aromatic carbocycles. The second-order valence-corrected chi connectivity index (χ2v) is 6.49. The minimum absolute atomic E-state index is 0.0167. The van der Waals surface area contributed by atoms with Crippen molar-refractivity contribution in [3.05, 3.63) is 83.9 Å². The normalized spacial score (nSPS) is 11.8. The maximum absolute atomic E-state index is 12.6. The van der Waals surface area contributed by atoms with E-state index in [0.29, 0.717) is 17.9 Å². The number of hydrogen-bond donors (Lipinski definition) is 1. The Balaban J connectivity index is 1.61. The lowest BCUT2D eigenvalue weighted by Crippen LogP contribution is -2.28. The SMILES string of the molecule is CCCC(NC(=O)c1ccc(OCc2nccn2C)cc1)c1ccccc1. The van der Waals surface area contributed by atoms with Crippen molar-refractivity contribution < 1.29 is 9.53 Å². The maximum atomic E-state index is 12.6. The van der Waals surface area contributed by atoms with E-state index in [1.54, 1.807) is 18.3 Å². The average Bonchev–Trinajstić information content (AvgIpc) is 3.12. The van der Waals surface area contributed by atoms with Crippen molar-refractivity contribution in [1.29, 1.82) is 0 Å². The van der Waals surface area contributed by atoms with Crippen molar-refractivity contribution in [2.45, 2.75) is 32.4 Å². The van der Waals surface area contributed by atoms with Crippen molar-refractivity contribution in [2.24, 2.45) is 7.05 Å². The molecule has 5 heteroatoms. The number of nitrogens with one attached hydrogen (secondary N) is 1. The number of carbonyl (C=O) groups excluding carboxylic acids is 1. The van der Waals surface area contributed by atoms with Crippen LogP contribution in [0.15, 0.2) is 67.0 Å². The molecule has 3 aromatic rings. The van der Waals surface area contributed by atoms with Crippen molar-refractivity contribution in [3.8, 4) is 5.75 Å². The summed E-state index contributed by atoms with van der Waals surface area (Å²) in [5, 5.41) is 3.14. The number of rotatable bonds is 8. The number of aromatic nitrogens is 2. The largest absolute Gasteiger partial charge is 0.486 e. The predicted molar refractivity (Wildman–Crippen MR) is 106 cm³/mol. The zero-order valence-electron chi connectivity index (χ0n) is 15.8. The van der Waals surface area contributed by atoms with Gasteiger partial charge in [-0.3, -0.25) is 4.79 Å². The minimum Gasteiger partial charge on any atom is -0.486 e. The quantitative estimate of drug-likeness (QED) is 0.650. The summed E-state index contributed by atoms with van der Waals surface area (Å²) in [4.78, 5) is 16.9. The summed E-state index contributed by atoms with van der Waals surface area (Å²) in [5.41, 5.74) is 1.75. The van der Waals surface area contributed by atoms with E-state index < -0.39 is 0 Å². The van der Waals surface area contributed by atoms with Crippen LogP contribution in [0.1, 0.15) is 47.6 Å². The molecule has 1 atom stereocenters. The number of nitrogens with zero attached hydrogens (tertiary/aromatic N) is 2. The van der Waals surface area contributed by atoms with Gasteiger partial charge in [-0.05, 0) is 36.2 Å². The van der Waals surface area contributed by atoms with Crippen LogP contribution < -0.4 is 10.1 Å². The molecule has 0 aliphatic rings. The van der Waals surface area contributed by atoms with Gasteiger partial charge in [0.05, 0.1) is 6.04 Å². The smallest absolute Gasteiger partial charge is 0.251 e. The molecule has 0 aliphatic carbocycles. The maximum Gasteiger partial charge on any atom is 0.251 e. The third kappa shape index (κ3) is 4.97. The van der Waals surface area contributed by atoms with Crippen molar-refractivity contribution in [1.82, 2.24) is 14.9 Å². The van der Waals surface area contributed by atoms with Crippen LogP contribution in [-0.4, -0.2) is 15.5 Å². The van der Waals surface area contributed by atoms with Crippen molar-refractivity contribution in [2.75, 3.05) is 0 Å². The van der Waals surface area contributed by atoms with Crippen molar-refractivity contribution in [3.63, 3.8) is 0 Å². The van der Waals surface area contributed by atoms with Gasteiger partial charge in [-0.15, -0.1) is 0 Å². The molecule has 1 aromatic heterocycles. The summed E-state index contributed by atoms with van der Waals surface area (Å²) in [6.45, 7) is 2.51. The van der Waals surface area contributed by atoms with E-state index in [1.165, 1.54) is 0 Å². The van der Waals surface area contributed by atoms with Gasteiger partial charge in [-0.25, -0.2) is 4.98 Å². The third-order valence-electron chi connectivity index (χ3n) is 4.49. The molecule has 0 saturated carbocycles. The number of hydrogen-bond acceptors (Lipinski definition) is 3. The zero-order chi connectivity index (χ0) is 19.1. The highest BCUT2D eigenvalue weighted by Gasteiger charge is 2.15. The Kier molecular flexibility index (Phi) is 6.26. The fourth-order valence-corrected chi connectivity index (χ4v) is 2.92. The fraction of sp³-hybridized carbons (Fsp3) is 0.273. The highest BCUT2D eigenvalue weighted by atomic mass is 16.5. The van der Waals surface area contributed by atoms with Crippen LogP contribution in [-0.2, 0) is 13.7 Å². The van der Waals surface area contributed by atoms with Gasteiger partial charge in [0, 0.05) is 25.0 Å². The van der Waals surface area contributed by atoms with Crippen molar-refractivity contribution >= 4 is 5.91 Å². The Labute approximate surface area is 160 Å². The van der Waals surface area contributed by atoms with Gasteiger partial charge >= 0.3 is 0 Å². The molecule has 0 radical (unpaired) electrons. The van der Waals surface area contributed by atoms with Crippen LogP contribution in [0.5, 0.6) is 5.75 Å². The number of ether oxygens (including phenoxy) is 1. The summed E-state index contributed by atoms with van der Waals surface area (Å²) >= 11 is 0. The number of carbonyl (C=O) groups is 1. The monoisotopic (exact) mass is 363 g/mol. The Bertz CT molecular complexity index is 857. The summed E-state index contributed by atoms with van der Waals surface area (Å²) < 4.78 is 7.66. The van der Waals surface area contributed by atoms with E-state index >= 15 is 0 Å². The first kappa shape index (κ1) is 18.7. The average molecular weight is 363 g/mol. The van der Waals surface area contributed by atoms with E-state index in [9.17, 15) is 4.79 Å². The molecule has 27 heavy (non-hydrogen) atoms. The Morgan fingerprint density at radius 2 is 1.89 bits per heavy atom. The van der Waals surface area contributed by atoms with Gasteiger partial charge in [0.15, 0.2) is 0 Å². The molecule has 1 amide bonds. The van der Waals surface area contributed by atoms with Crippen LogP contribution in [0.4, 0.5) is 0 Å². The molecular weight excluding hydrogens is 338 g/mol. The molecule has 0 bridgehead atoms. The number of amides is 1. The topological polar surface area (TPSA) is 56.1 Å². The molecular formula is C22H25N3O2. The molecule has 1 unspecified atom stereocenters. The van der Waals surface area contributed by atoms with E-state index in [0.717, 1.165) is 24.2 Å². The van der Waals surface area contributed by atoms with E-state index in [2.05, 4.69) is 29.4 Å². The molecule has 5 nitrogen and oxygen atoms in total. The van der Waals surface area contributed by atoms with Gasteiger partial charge < -0.3 is 14.6 Å².